The van der Waals surface area contributed by atoms with Crippen molar-refractivity contribution < 1.29 is 19.3 Å². The molecule has 0 spiro atoms. The second-order valence-corrected chi connectivity index (χ2v) is 6.79. The molecular weight excluding hydrogens is 364 g/mol. The van der Waals surface area contributed by atoms with Crippen LogP contribution in [0.2, 0.25) is 0 Å². The van der Waals surface area contributed by atoms with Gasteiger partial charge in [0.1, 0.15) is 6.04 Å². The first-order chi connectivity index (χ1) is 13.5. The Morgan fingerprint density at radius 2 is 1.89 bits per heavy atom. The van der Waals surface area contributed by atoms with Crippen LogP contribution in [0.15, 0.2) is 29.0 Å². The number of aromatic nitrogens is 4. The zero-order valence-electron chi connectivity index (χ0n) is 15.3. The van der Waals surface area contributed by atoms with Crippen LogP contribution < -0.4 is 10.2 Å². The van der Waals surface area contributed by atoms with Crippen LogP contribution >= 0.6 is 0 Å². The summed E-state index contributed by atoms with van der Waals surface area (Å²) < 4.78 is 6.24. The first kappa shape index (κ1) is 18.0. The van der Waals surface area contributed by atoms with E-state index in [1.165, 1.54) is 23.4 Å². The average Bonchev–Trinajstić information content (AvgIpc) is 3.38. The van der Waals surface area contributed by atoms with Crippen LogP contribution in [0.4, 0.5) is 11.4 Å². The molecule has 2 N–H and O–H groups in total. The summed E-state index contributed by atoms with van der Waals surface area (Å²) in [6.07, 6.45) is 4.94. The van der Waals surface area contributed by atoms with E-state index in [4.69, 9.17) is 9.74 Å². The van der Waals surface area contributed by atoms with Gasteiger partial charge in [-0.05, 0) is 54.7 Å². The zero-order chi connectivity index (χ0) is 19.7. The molecule has 1 atom stereocenters. The summed E-state index contributed by atoms with van der Waals surface area (Å²) in [6.45, 7) is 3.54. The number of nitrogens with zero attached hydrogens (tertiary/aromatic N) is 5. The van der Waals surface area contributed by atoms with Gasteiger partial charge in [-0.1, -0.05) is 0 Å². The molecule has 146 valence electrons. The molecule has 0 radical (unpaired) electrons. The third kappa shape index (κ3) is 3.28. The number of carboxylic acid groups (broad SMARTS) is 1. The molecule has 1 aromatic carbocycles. The number of hydrogen-bond donors (Lipinski definition) is 2. The van der Waals surface area contributed by atoms with Gasteiger partial charge in [-0.2, -0.15) is 5.10 Å². The number of carboxylic acids is 1. The summed E-state index contributed by atoms with van der Waals surface area (Å²) in [4.78, 5) is 25.9. The van der Waals surface area contributed by atoms with Crippen LogP contribution in [0.1, 0.15) is 42.7 Å². The first-order valence-corrected chi connectivity index (χ1v) is 9.14. The minimum absolute atomic E-state index is 0.117. The highest BCUT2D eigenvalue weighted by Gasteiger charge is 2.22. The predicted molar refractivity (Wildman–Crippen MR) is 100 cm³/mol. The molecule has 3 aromatic rings. The Hall–Kier alpha value is -3.43. The van der Waals surface area contributed by atoms with Crippen LogP contribution in [0.3, 0.4) is 0 Å². The number of piperidine rings is 1. The normalized spacial score (nSPS) is 15.5. The summed E-state index contributed by atoms with van der Waals surface area (Å²) in [6, 6.07) is 4.34. The lowest BCUT2D eigenvalue weighted by molar-refractivity contribution is -0.119. The van der Waals surface area contributed by atoms with Gasteiger partial charge in [0.05, 0.1) is 11.4 Å². The number of anilines is 2. The van der Waals surface area contributed by atoms with E-state index in [-0.39, 0.29) is 11.6 Å². The lowest BCUT2D eigenvalue weighted by atomic mass is 10.1. The van der Waals surface area contributed by atoms with E-state index in [2.05, 4.69) is 25.6 Å². The van der Waals surface area contributed by atoms with Crippen molar-refractivity contribution in [2.75, 3.05) is 23.3 Å². The Morgan fingerprint density at radius 1 is 1.14 bits per heavy atom. The lowest BCUT2D eigenvalue weighted by Crippen LogP contribution is -2.29. The van der Waals surface area contributed by atoms with Gasteiger partial charge in [0.2, 0.25) is 5.91 Å². The van der Waals surface area contributed by atoms with Gasteiger partial charge in [-0.3, -0.25) is 9.48 Å². The molecule has 0 saturated carbocycles. The van der Waals surface area contributed by atoms with Crippen LogP contribution in [0.5, 0.6) is 0 Å². The minimum atomic E-state index is -1.14. The van der Waals surface area contributed by atoms with E-state index in [0.29, 0.717) is 16.7 Å². The Labute approximate surface area is 160 Å². The summed E-state index contributed by atoms with van der Waals surface area (Å²) in [5.41, 5.74) is 2.41. The van der Waals surface area contributed by atoms with Crippen LogP contribution in [-0.2, 0) is 4.79 Å². The van der Waals surface area contributed by atoms with Gasteiger partial charge >= 0.3 is 5.97 Å². The number of benzene rings is 1. The quantitative estimate of drug-likeness (QED) is 0.686. The van der Waals surface area contributed by atoms with Crippen LogP contribution in [-0.4, -0.2) is 50.2 Å². The van der Waals surface area contributed by atoms with Gasteiger partial charge < -0.3 is 15.3 Å². The molecule has 1 saturated heterocycles. The van der Waals surface area contributed by atoms with Crippen molar-refractivity contribution in [2.24, 2.45) is 0 Å². The molecule has 4 rings (SSSR count). The highest BCUT2D eigenvalue weighted by atomic mass is 16.6. The molecule has 2 aromatic heterocycles. The van der Waals surface area contributed by atoms with Gasteiger partial charge in [0.25, 0.3) is 0 Å². The van der Waals surface area contributed by atoms with Crippen LogP contribution in [0, 0.1) is 0 Å². The lowest BCUT2D eigenvalue weighted by Gasteiger charge is -2.28. The topological polar surface area (TPSA) is 126 Å². The third-order valence-corrected chi connectivity index (χ3v) is 4.95. The number of carbonyl (C=O) groups is 2. The fourth-order valence-corrected chi connectivity index (χ4v) is 3.37. The largest absolute Gasteiger partial charge is 0.476 e. The first-order valence-electron chi connectivity index (χ1n) is 9.14. The highest BCUT2D eigenvalue weighted by molar-refractivity contribution is 6.03. The second kappa shape index (κ2) is 7.29. The Bertz CT molecular complexity index is 1020. The smallest absolute Gasteiger partial charge is 0.356 e. The number of nitrogens with one attached hydrogen (secondary N) is 1. The van der Waals surface area contributed by atoms with E-state index in [1.807, 2.05) is 6.07 Å². The van der Waals surface area contributed by atoms with E-state index >= 15 is 0 Å². The summed E-state index contributed by atoms with van der Waals surface area (Å²) in [5, 5.41) is 23.7. The molecule has 1 aliphatic heterocycles. The highest BCUT2D eigenvalue weighted by Crippen LogP contribution is 2.31. The van der Waals surface area contributed by atoms with Gasteiger partial charge in [-0.15, -0.1) is 0 Å². The average molecular weight is 384 g/mol. The third-order valence-electron chi connectivity index (χ3n) is 4.95. The van der Waals surface area contributed by atoms with Crippen molar-refractivity contribution in [3.63, 3.8) is 0 Å². The van der Waals surface area contributed by atoms with E-state index in [1.54, 1.807) is 13.0 Å². The number of hydrogen-bond acceptors (Lipinski definition) is 7. The summed E-state index contributed by atoms with van der Waals surface area (Å²) >= 11 is 0. The summed E-state index contributed by atoms with van der Waals surface area (Å²) in [5.74, 6) is -1.50. The van der Waals surface area contributed by atoms with Crippen molar-refractivity contribution in [3.05, 3.63) is 30.1 Å². The molecule has 28 heavy (non-hydrogen) atoms. The van der Waals surface area contributed by atoms with Gasteiger partial charge in [0.15, 0.2) is 16.7 Å². The van der Waals surface area contributed by atoms with Crippen LogP contribution in [0.25, 0.3) is 11.0 Å². The van der Waals surface area contributed by atoms with Gasteiger partial charge in [-0.25, -0.2) is 9.42 Å². The Kier molecular flexibility index (Phi) is 4.68. The molecule has 1 aliphatic rings. The SMILES string of the molecule is CC(C(=O)Nc1ccc(N2CCCCC2)c2nonc12)n1ccc(C(=O)O)n1. The predicted octanol–water partition coefficient (Wildman–Crippen LogP) is 2.31. The Morgan fingerprint density at radius 3 is 2.61 bits per heavy atom. The maximum Gasteiger partial charge on any atom is 0.356 e. The zero-order valence-corrected chi connectivity index (χ0v) is 15.3. The standard InChI is InChI=1S/C18H20N6O4/c1-11(24-10-7-13(20-24)18(26)27)17(25)19-12-5-6-14(16-15(12)21-28-22-16)23-8-3-2-4-9-23/h5-7,10-11H,2-4,8-9H2,1H3,(H,19,25)(H,26,27). The van der Waals surface area contributed by atoms with Crippen molar-refractivity contribution in [1.82, 2.24) is 20.1 Å². The monoisotopic (exact) mass is 384 g/mol. The maximum absolute atomic E-state index is 12.6. The minimum Gasteiger partial charge on any atom is -0.476 e. The molecule has 10 heteroatoms. The number of carbonyl (C=O) groups excluding carboxylic acids is 1. The Balaban J connectivity index is 1.56. The molecule has 0 bridgehead atoms. The van der Waals surface area contributed by atoms with E-state index < -0.39 is 12.0 Å². The number of rotatable bonds is 5. The molecule has 1 unspecified atom stereocenters. The van der Waals surface area contributed by atoms with E-state index in [9.17, 15) is 9.59 Å². The molecular formula is C18H20N6O4. The second-order valence-electron chi connectivity index (χ2n) is 6.79. The van der Waals surface area contributed by atoms with Crippen molar-refractivity contribution in [2.45, 2.75) is 32.2 Å². The van der Waals surface area contributed by atoms with Crippen molar-refractivity contribution in [3.8, 4) is 0 Å². The molecule has 0 aliphatic carbocycles. The number of amides is 1. The molecule has 3 heterocycles. The number of fused-ring (bicyclic) bond motifs is 1. The van der Waals surface area contributed by atoms with E-state index in [0.717, 1.165) is 31.6 Å². The molecule has 10 nitrogen and oxygen atoms in total. The molecule has 1 fully saturated rings. The number of aromatic carboxylic acids is 1. The fraction of sp³-hybridized carbons (Fsp3) is 0.389. The van der Waals surface area contributed by atoms with Crippen molar-refractivity contribution >= 4 is 34.3 Å². The summed E-state index contributed by atoms with van der Waals surface area (Å²) in [7, 11) is 0. The van der Waals surface area contributed by atoms with Gasteiger partial charge in [0, 0.05) is 19.3 Å². The fourth-order valence-electron chi connectivity index (χ4n) is 3.37. The maximum atomic E-state index is 12.6. The molecule has 1 amide bonds. The van der Waals surface area contributed by atoms with Crippen molar-refractivity contribution in [1.29, 1.82) is 0 Å².